The van der Waals surface area contributed by atoms with E-state index in [-0.39, 0.29) is 27.9 Å². The molecule has 0 bridgehead atoms. The number of amides is 2. The van der Waals surface area contributed by atoms with Gasteiger partial charge in [0.15, 0.2) is 5.69 Å². The summed E-state index contributed by atoms with van der Waals surface area (Å²) in [6.45, 7) is 1.70. The van der Waals surface area contributed by atoms with Gasteiger partial charge >= 0.3 is 0 Å². The zero-order valence-electron chi connectivity index (χ0n) is 17.9. The highest BCUT2D eigenvalue weighted by Gasteiger charge is 2.26. The van der Waals surface area contributed by atoms with Crippen molar-refractivity contribution < 1.29 is 22.4 Å². The van der Waals surface area contributed by atoms with Crippen molar-refractivity contribution in [2.45, 2.75) is 18.5 Å². The molecule has 0 aliphatic rings. The number of rotatable bonds is 7. The number of sulfone groups is 1. The number of nitrogens with one attached hydrogen (secondary N) is 2. The molecule has 0 unspecified atom stereocenters. The quantitative estimate of drug-likeness (QED) is 0.357. The third-order valence-electron chi connectivity index (χ3n) is 4.76. The normalized spacial score (nSPS) is 11.4. The number of carbonyl (C=O) groups excluding carboxylic acids is 2. The second-order valence-corrected chi connectivity index (χ2v) is 9.65. The van der Waals surface area contributed by atoms with E-state index in [1.807, 2.05) is 6.07 Å². The fourth-order valence-corrected chi connectivity index (χ4v) is 4.57. The number of hydrogen-bond acceptors (Lipinski definition) is 7. The molecule has 0 spiro atoms. The maximum atomic E-state index is 13.1. The van der Waals surface area contributed by atoms with Crippen molar-refractivity contribution in [3.05, 3.63) is 77.3 Å². The van der Waals surface area contributed by atoms with Gasteiger partial charge in [-0.1, -0.05) is 48.9 Å². The minimum Gasteiger partial charge on any atom is -0.449 e. The van der Waals surface area contributed by atoms with Gasteiger partial charge in [0.05, 0.1) is 17.0 Å². The van der Waals surface area contributed by atoms with Crippen molar-refractivity contribution in [2.75, 3.05) is 16.4 Å². The molecule has 4 aromatic rings. The highest BCUT2D eigenvalue weighted by molar-refractivity contribution is 7.91. The number of fused-ring (bicyclic) bond motifs is 1. The Morgan fingerprint density at radius 3 is 2.44 bits per heavy atom. The van der Waals surface area contributed by atoms with Crippen LogP contribution in [-0.2, 0) is 9.84 Å². The van der Waals surface area contributed by atoms with Crippen LogP contribution in [0.15, 0.2) is 70.4 Å². The number of nitrogens with zero attached hydrogens (tertiary/aromatic N) is 2. The molecule has 2 N–H and O–H groups in total. The van der Waals surface area contributed by atoms with E-state index in [0.29, 0.717) is 23.1 Å². The van der Waals surface area contributed by atoms with Gasteiger partial charge in [-0.3, -0.25) is 9.59 Å². The lowest BCUT2D eigenvalue weighted by atomic mass is 10.2. The summed E-state index contributed by atoms with van der Waals surface area (Å²) in [4.78, 5) is 33.7. The number of carbonyl (C=O) groups is 2. The molecule has 2 aromatic carbocycles. The highest BCUT2D eigenvalue weighted by atomic mass is 35.5. The SMILES string of the molecule is CCCS(=O)(=O)c1ncc(Cl)c(C(=O)Nc2c(C(=O)Nc3ccccc3)oc3ccccc23)n1. The van der Waals surface area contributed by atoms with Crippen molar-refractivity contribution in [3.63, 3.8) is 0 Å². The van der Waals surface area contributed by atoms with E-state index < -0.39 is 26.8 Å². The second-order valence-electron chi connectivity index (χ2n) is 7.24. The van der Waals surface area contributed by atoms with Crippen molar-refractivity contribution in [1.29, 1.82) is 0 Å². The van der Waals surface area contributed by atoms with Crippen LogP contribution in [0, 0.1) is 0 Å². The summed E-state index contributed by atoms with van der Waals surface area (Å²) in [5.74, 6) is -1.72. The standard InChI is InChI=1S/C23H19ClN4O5S/c1-2-12-34(31,32)23-25-13-16(24)19(28-23)21(29)27-18-15-10-6-7-11-17(15)33-20(18)22(30)26-14-8-4-3-5-9-14/h3-11,13H,2,12H2,1H3,(H,26,30)(H,27,29). The summed E-state index contributed by atoms with van der Waals surface area (Å²) in [5, 5.41) is 5.15. The Bertz CT molecular complexity index is 1490. The number of hydrogen-bond donors (Lipinski definition) is 2. The Balaban J connectivity index is 1.72. The molecule has 0 aliphatic carbocycles. The maximum Gasteiger partial charge on any atom is 0.293 e. The molecule has 11 heteroatoms. The number of furan rings is 1. The first-order chi connectivity index (χ1) is 16.3. The zero-order chi connectivity index (χ0) is 24.3. The predicted molar refractivity (Wildman–Crippen MR) is 128 cm³/mol. The van der Waals surface area contributed by atoms with Gasteiger partial charge in [0.2, 0.25) is 20.8 Å². The fraction of sp³-hybridized carbons (Fsp3) is 0.130. The predicted octanol–water partition coefficient (Wildman–Crippen LogP) is 4.56. The Hall–Kier alpha value is -3.76. The van der Waals surface area contributed by atoms with Gasteiger partial charge < -0.3 is 15.1 Å². The largest absolute Gasteiger partial charge is 0.449 e. The summed E-state index contributed by atoms with van der Waals surface area (Å²) in [6, 6.07) is 15.5. The number of para-hydroxylation sites is 2. The van der Waals surface area contributed by atoms with Gasteiger partial charge in [-0.15, -0.1) is 0 Å². The fourth-order valence-electron chi connectivity index (χ4n) is 3.23. The molecular formula is C23H19ClN4O5S. The lowest BCUT2D eigenvalue weighted by Gasteiger charge is -2.09. The van der Waals surface area contributed by atoms with Crippen LogP contribution in [0.1, 0.15) is 34.4 Å². The lowest BCUT2D eigenvalue weighted by molar-refractivity contribution is 0.0999. The first-order valence-electron chi connectivity index (χ1n) is 10.2. The van der Waals surface area contributed by atoms with Gasteiger partial charge in [-0.25, -0.2) is 18.4 Å². The molecule has 0 aliphatic heterocycles. The third kappa shape index (κ3) is 4.78. The number of halogens is 1. The number of aromatic nitrogens is 2. The van der Waals surface area contributed by atoms with Crippen molar-refractivity contribution in [1.82, 2.24) is 9.97 Å². The summed E-state index contributed by atoms with van der Waals surface area (Å²) in [7, 11) is -3.78. The Morgan fingerprint density at radius 2 is 1.71 bits per heavy atom. The van der Waals surface area contributed by atoms with E-state index in [1.165, 1.54) is 0 Å². The molecule has 0 atom stereocenters. The summed E-state index contributed by atoms with van der Waals surface area (Å²) in [6.07, 6.45) is 1.42. The molecular weight excluding hydrogens is 480 g/mol. The molecule has 34 heavy (non-hydrogen) atoms. The van der Waals surface area contributed by atoms with E-state index in [9.17, 15) is 18.0 Å². The minimum atomic E-state index is -3.78. The molecule has 0 fully saturated rings. The first-order valence-corrected chi connectivity index (χ1v) is 12.3. The van der Waals surface area contributed by atoms with Gasteiger partial charge in [0.1, 0.15) is 11.3 Å². The van der Waals surface area contributed by atoms with E-state index in [0.717, 1.165) is 6.20 Å². The average molecular weight is 499 g/mol. The Kier molecular flexibility index (Phi) is 6.62. The van der Waals surface area contributed by atoms with Crippen LogP contribution in [0.2, 0.25) is 5.02 Å². The van der Waals surface area contributed by atoms with Crippen molar-refractivity contribution >= 4 is 55.6 Å². The van der Waals surface area contributed by atoms with Gasteiger partial charge in [-0.2, -0.15) is 0 Å². The average Bonchev–Trinajstić information content (AvgIpc) is 3.18. The zero-order valence-corrected chi connectivity index (χ0v) is 19.5. The first kappa shape index (κ1) is 23.4. The van der Waals surface area contributed by atoms with Crippen LogP contribution in [0.5, 0.6) is 0 Å². The summed E-state index contributed by atoms with van der Waals surface area (Å²) >= 11 is 6.10. The summed E-state index contributed by atoms with van der Waals surface area (Å²) in [5.41, 5.74) is 0.665. The van der Waals surface area contributed by atoms with Crippen LogP contribution in [0.4, 0.5) is 11.4 Å². The van der Waals surface area contributed by atoms with E-state index >= 15 is 0 Å². The molecule has 4 rings (SSSR count). The van der Waals surface area contributed by atoms with Crippen LogP contribution in [-0.4, -0.2) is 36.0 Å². The van der Waals surface area contributed by atoms with Crippen LogP contribution in [0.3, 0.4) is 0 Å². The van der Waals surface area contributed by atoms with Crippen LogP contribution >= 0.6 is 11.6 Å². The molecule has 0 saturated carbocycles. The summed E-state index contributed by atoms with van der Waals surface area (Å²) < 4.78 is 30.4. The second kappa shape index (κ2) is 9.62. The molecule has 2 heterocycles. The molecule has 2 amide bonds. The van der Waals surface area contributed by atoms with Crippen LogP contribution < -0.4 is 10.6 Å². The van der Waals surface area contributed by atoms with Gasteiger partial charge in [-0.05, 0) is 30.7 Å². The van der Waals surface area contributed by atoms with E-state index in [4.69, 9.17) is 16.0 Å². The number of anilines is 2. The van der Waals surface area contributed by atoms with E-state index in [1.54, 1.807) is 55.5 Å². The van der Waals surface area contributed by atoms with Gasteiger partial charge in [0, 0.05) is 11.1 Å². The monoisotopic (exact) mass is 498 g/mol. The lowest BCUT2D eigenvalue weighted by Crippen LogP contribution is -2.20. The smallest absolute Gasteiger partial charge is 0.293 e. The Labute approximate surface area is 200 Å². The van der Waals surface area contributed by atoms with E-state index in [2.05, 4.69) is 20.6 Å². The van der Waals surface area contributed by atoms with Crippen LogP contribution in [0.25, 0.3) is 11.0 Å². The molecule has 9 nitrogen and oxygen atoms in total. The number of benzene rings is 2. The molecule has 174 valence electrons. The highest BCUT2D eigenvalue weighted by Crippen LogP contribution is 2.32. The minimum absolute atomic E-state index is 0.0988. The van der Waals surface area contributed by atoms with Gasteiger partial charge in [0.25, 0.3) is 11.8 Å². The maximum absolute atomic E-state index is 13.1. The molecule has 2 aromatic heterocycles. The molecule has 0 radical (unpaired) electrons. The van der Waals surface area contributed by atoms with Crippen molar-refractivity contribution in [2.24, 2.45) is 0 Å². The third-order valence-corrected chi connectivity index (χ3v) is 6.74. The van der Waals surface area contributed by atoms with Crippen molar-refractivity contribution in [3.8, 4) is 0 Å². The Morgan fingerprint density at radius 1 is 1.00 bits per heavy atom. The topological polar surface area (TPSA) is 131 Å². The molecule has 0 saturated heterocycles.